The summed E-state index contributed by atoms with van der Waals surface area (Å²) in [5, 5.41) is 83.0. The van der Waals surface area contributed by atoms with Gasteiger partial charge in [-0.2, -0.15) is 0 Å². The number of carboxylic acid groups (broad SMARTS) is 5. The smallest absolute Gasteiger partial charge is 0.330 e. The van der Waals surface area contributed by atoms with E-state index in [9.17, 15) is 24.0 Å². The normalized spacial score (nSPS) is 11.0. The van der Waals surface area contributed by atoms with Gasteiger partial charge in [0.15, 0.2) is 0 Å². The fourth-order valence-corrected chi connectivity index (χ4v) is 1.19. The molecule has 0 saturated heterocycles. The lowest BCUT2D eigenvalue weighted by Crippen LogP contribution is -2.32. The molecule has 17 heteroatoms. The van der Waals surface area contributed by atoms with Gasteiger partial charge in [0.05, 0.1) is 58.0 Å². The van der Waals surface area contributed by atoms with E-state index in [1.807, 2.05) is 13.8 Å². The predicted molar refractivity (Wildman–Crippen MR) is 196 cm³/mol. The maximum absolute atomic E-state index is 9.60. The van der Waals surface area contributed by atoms with Crippen molar-refractivity contribution in [3.8, 4) is 0 Å². The average Bonchev–Trinajstić information content (AvgIpc) is 3.05. The van der Waals surface area contributed by atoms with E-state index in [0.29, 0.717) is 19.6 Å². The van der Waals surface area contributed by atoms with E-state index in [1.165, 1.54) is 34.6 Å². The lowest BCUT2D eigenvalue weighted by atomic mass is 9.88. The molecule has 0 radical (unpaired) electrons. The highest BCUT2D eigenvalue weighted by atomic mass is 16.5. The zero-order valence-electron chi connectivity index (χ0n) is 32.0. The van der Waals surface area contributed by atoms with Gasteiger partial charge in [0, 0.05) is 33.3 Å². The molecule has 0 heterocycles. The third-order valence-electron chi connectivity index (χ3n) is 5.08. The van der Waals surface area contributed by atoms with E-state index in [1.54, 1.807) is 13.8 Å². The lowest BCUT2D eigenvalue weighted by Gasteiger charge is -2.24. The largest absolute Gasteiger partial charge is 0.478 e. The summed E-state index contributed by atoms with van der Waals surface area (Å²) in [5.74, 6) is -4.68. The summed E-state index contributed by atoms with van der Waals surface area (Å²) in [6.45, 7) is 30.5. The topological polar surface area (TPSA) is 306 Å². The molecule has 3 atom stereocenters. The molecule has 17 nitrogen and oxygen atoms in total. The van der Waals surface area contributed by atoms with Crippen LogP contribution < -0.4 is 0 Å². The van der Waals surface area contributed by atoms with Crippen molar-refractivity contribution in [1.82, 2.24) is 0 Å². The number of rotatable bonds is 16. The highest BCUT2D eigenvalue weighted by Gasteiger charge is 2.24. The van der Waals surface area contributed by atoms with E-state index < -0.39 is 41.4 Å². The maximum Gasteiger partial charge on any atom is 0.330 e. The van der Waals surface area contributed by atoms with Gasteiger partial charge in [0.2, 0.25) is 0 Å². The number of carboxylic acids is 5. The van der Waals surface area contributed by atoms with Crippen LogP contribution in [0.2, 0.25) is 0 Å². The Morgan fingerprint density at radius 2 is 0.731 bits per heavy atom. The molecule has 0 aromatic rings. The van der Waals surface area contributed by atoms with Gasteiger partial charge in [0.1, 0.15) is 0 Å². The zero-order chi connectivity index (χ0) is 43.4. The minimum atomic E-state index is -0.935. The standard InChI is InChI=1S/C9H20O4.C6H14O3.5C4H6O2/c1-7(11)5-12-9(3)6-13-8(2)4-10;1-2-6(3-7,4-8)5-9;5*1-3(2)4(5)6/h7-11H,4-6H2,1-3H3;7-9H,2-5H2,1H3;5*1H2,2H3,(H,5,6). The molecule has 0 aliphatic carbocycles. The number of aliphatic hydroxyl groups is 5. The van der Waals surface area contributed by atoms with Crippen LogP contribution in [0.5, 0.6) is 0 Å². The second-order valence-corrected chi connectivity index (χ2v) is 11.1. The zero-order valence-corrected chi connectivity index (χ0v) is 32.0. The van der Waals surface area contributed by atoms with Gasteiger partial charge in [0.25, 0.3) is 0 Å². The van der Waals surface area contributed by atoms with Crippen LogP contribution in [0.1, 0.15) is 68.7 Å². The van der Waals surface area contributed by atoms with Crippen molar-refractivity contribution in [3.63, 3.8) is 0 Å². The third kappa shape index (κ3) is 58.0. The van der Waals surface area contributed by atoms with Crippen LogP contribution in [-0.4, -0.2) is 139 Å². The van der Waals surface area contributed by atoms with Crippen molar-refractivity contribution in [2.75, 3.05) is 39.6 Å². The monoisotopic (exact) mass is 756 g/mol. The molecule has 0 aromatic carbocycles. The Labute approximate surface area is 307 Å². The molecular weight excluding hydrogens is 692 g/mol. The van der Waals surface area contributed by atoms with Crippen molar-refractivity contribution in [1.29, 1.82) is 0 Å². The Morgan fingerprint density at radius 1 is 0.519 bits per heavy atom. The van der Waals surface area contributed by atoms with Crippen molar-refractivity contribution in [2.45, 2.75) is 87.0 Å². The van der Waals surface area contributed by atoms with Gasteiger partial charge >= 0.3 is 29.8 Å². The quantitative estimate of drug-likeness (QED) is 0.101. The second kappa shape index (κ2) is 39.6. The molecule has 0 fully saturated rings. The molecule has 0 aromatic heterocycles. The molecule has 0 amide bonds. The Kier molecular flexibility index (Phi) is 47.8. The predicted octanol–water partition coefficient (Wildman–Crippen LogP) is 2.76. The first-order chi connectivity index (χ1) is 23.5. The Hall–Kier alpha value is -4.23. The van der Waals surface area contributed by atoms with Gasteiger partial charge in [-0.05, 0) is 61.8 Å². The van der Waals surface area contributed by atoms with E-state index in [0.717, 1.165) is 0 Å². The van der Waals surface area contributed by atoms with Crippen molar-refractivity contribution in [3.05, 3.63) is 60.8 Å². The molecule has 306 valence electrons. The molecule has 0 bridgehead atoms. The fourth-order valence-electron chi connectivity index (χ4n) is 1.19. The summed E-state index contributed by atoms with van der Waals surface area (Å²) in [6.07, 6.45) is -0.0600. The molecule has 0 aliphatic rings. The SMILES string of the molecule is C=C(C)C(=O)O.C=C(C)C(=O)O.C=C(C)C(=O)O.C=C(C)C(=O)O.C=C(C)C(=O)O.CC(O)COC(C)COC(C)CO.CCC(CO)(CO)CO. The van der Waals surface area contributed by atoms with Gasteiger partial charge in [-0.1, -0.05) is 39.8 Å². The van der Waals surface area contributed by atoms with Crippen molar-refractivity contribution < 1.29 is 84.5 Å². The first-order valence-corrected chi connectivity index (χ1v) is 15.3. The number of hydrogen-bond donors (Lipinski definition) is 10. The van der Waals surface area contributed by atoms with E-state index in [-0.39, 0.29) is 66.5 Å². The number of aliphatic carboxylic acids is 5. The highest BCUT2D eigenvalue weighted by Crippen LogP contribution is 2.18. The number of aliphatic hydroxyl groups excluding tert-OH is 5. The molecule has 0 saturated carbocycles. The maximum atomic E-state index is 9.60. The Morgan fingerprint density at radius 3 is 0.846 bits per heavy atom. The molecular formula is C35H64O17. The van der Waals surface area contributed by atoms with Crippen molar-refractivity contribution >= 4 is 29.8 Å². The number of carbonyl (C=O) groups is 5. The summed E-state index contributed by atoms with van der Waals surface area (Å²) < 4.78 is 10.5. The van der Waals surface area contributed by atoms with Crippen LogP contribution in [0.25, 0.3) is 0 Å². The summed E-state index contributed by atoms with van der Waals surface area (Å²) in [5.41, 5.74) is 0.213. The minimum absolute atomic E-state index is 0.0170. The molecule has 52 heavy (non-hydrogen) atoms. The number of hydrogen-bond acceptors (Lipinski definition) is 12. The average molecular weight is 757 g/mol. The van der Waals surface area contributed by atoms with Crippen LogP contribution in [-0.2, 0) is 33.4 Å². The highest BCUT2D eigenvalue weighted by molar-refractivity contribution is 5.86. The minimum Gasteiger partial charge on any atom is -0.478 e. The lowest BCUT2D eigenvalue weighted by molar-refractivity contribution is -0.133. The molecule has 10 N–H and O–H groups in total. The first kappa shape index (κ1) is 62.9. The molecule has 0 rings (SSSR count). The third-order valence-corrected chi connectivity index (χ3v) is 5.08. The first-order valence-electron chi connectivity index (χ1n) is 15.3. The summed E-state index contributed by atoms with van der Waals surface area (Å²) in [7, 11) is 0. The fraction of sp³-hybridized carbons (Fsp3) is 0.571. The van der Waals surface area contributed by atoms with E-state index in [4.69, 9.17) is 60.5 Å². The van der Waals surface area contributed by atoms with Crippen LogP contribution in [0.3, 0.4) is 0 Å². The summed E-state index contributed by atoms with van der Waals surface area (Å²) in [6, 6.07) is 0. The Balaban J connectivity index is -0.0000000933. The van der Waals surface area contributed by atoms with E-state index in [2.05, 4.69) is 32.9 Å². The van der Waals surface area contributed by atoms with Crippen LogP contribution >= 0.6 is 0 Å². The number of ether oxygens (including phenoxy) is 2. The van der Waals surface area contributed by atoms with Gasteiger partial charge in [-0.3, -0.25) is 0 Å². The molecule has 3 unspecified atom stereocenters. The summed E-state index contributed by atoms with van der Waals surface area (Å²) >= 11 is 0. The van der Waals surface area contributed by atoms with Gasteiger partial charge in [-0.15, -0.1) is 0 Å². The second-order valence-electron chi connectivity index (χ2n) is 11.1. The van der Waals surface area contributed by atoms with Crippen molar-refractivity contribution in [2.24, 2.45) is 5.41 Å². The Bertz CT molecular complexity index is 856. The molecule has 0 aliphatic heterocycles. The van der Waals surface area contributed by atoms with Gasteiger partial charge < -0.3 is 60.5 Å². The van der Waals surface area contributed by atoms with Crippen LogP contribution in [0, 0.1) is 5.41 Å². The van der Waals surface area contributed by atoms with Crippen LogP contribution in [0.4, 0.5) is 0 Å². The van der Waals surface area contributed by atoms with Gasteiger partial charge in [-0.25, -0.2) is 24.0 Å². The molecule has 0 spiro atoms. The van der Waals surface area contributed by atoms with E-state index >= 15 is 0 Å². The van der Waals surface area contributed by atoms with Crippen LogP contribution in [0.15, 0.2) is 60.8 Å². The summed E-state index contributed by atoms with van der Waals surface area (Å²) in [4.78, 5) is 48.0.